The Morgan fingerprint density at radius 3 is 2.06 bits per heavy atom. The second-order valence-electron chi connectivity index (χ2n) is 3.89. The first kappa shape index (κ1) is 14.8. The van der Waals surface area contributed by atoms with Crippen molar-refractivity contribution >= 4 is 11.9 Å². The highest BCUT2D eigenvalue weighted by Crippen LogP contribution is 2.24. The highest BCUT2D eigenvalue weighted by Gasteiger charge is 2.48. The predicted molar refractivity (Wildman–Crippen MR) is 55.1 cm³/mol. The summed E-state index contributed by atoms with van der Waals surface area (Å²) in [5.74, 6) is -1.43. The van der Waals surface area contributed by atoms with Gasteiger partial charge < -0.3 is 29.5 Å². The molecule has 0 aromatic carbocycles. The summed E-state index contributed by atoms with van der Waals surface area (Å²) >= 11 is 0. The molecule has 0 bridgehead atoms. The minimum absolute atomic E-state index is 0.571. The van der Waals surface area contributed by atoms with Crippen molar-refractivity contribution in [1.29, 1.82) is 0 Å². The number of carbonyl (C=O) groups excluding carboxylic acids is 2. The van der Waals surface area contributed by atoms with Crippen molar-refractivity contribution in [3.05, 3.63) is 0 Å². The lowest BCUT2D eigenvalue weighted by atomic mass is 9.99. The van der Waals surface area contributed by atoms with Crippen LogP contribution >= 0.6 is 0 Å². The Bertz CT molecular complexity index is 317. The smallest absolute Gasteiger partial charge is 0.303 e. The molecule has 3 N–H and O–H groups in total. The number of aliphatic hydroxyl groups is 3. The van der Waals surface area contributed by atoms with Crippen molar-refractivity contribution in [2.45, 2.75) is 44.6 Å². The SMILES string of the molecule is CC(=O)O[C@@H]1[C@@H](O)[C@@H](OC(C)=O)[C@@H](CO)O[C@@H]1O. The van der Waals surface area contributed by atoms with Gasteiger partial charge in [0.2, 0.25) is 0 Å². The van der Waals surface area contributed by atoms with Crippen LogP contribution in [-0.4, -0.2) is 64.6 Å². The van der Waals surface area contributed by atoms with E-state index in [2.05, 4.69) is 4.74 Å². The normalized spacial score (nSPS) is 35.9. The molecule has 8 heteroatoms. The zero-order valence-electron chi connectivity index (χ0n) is 9.98. The summed E-state index contributed by atoms with van der Waals surface area (Å²) in [4.78, 5) is 21.7. The van der Waals surface area contributed by atoms with Crippen LogP contribution in [0.25, 0.3) is 0 Å². The molecule has 1 aliphatic rings. The molecule has 0 aromatic rings. The summed E-state index contributed by atoms with van der Waals surface area (Å²) in [6.45, 7) is 1.64. The number of esters is 2. The van der Waals surface area contributed by atoms with Gasteiger partial charge in [-0.15, -0.1) is 0 Å². The molecule has 1 aliphatic heterocycles. The lowest BCUT2D eigenvalue weighted by molar-refractivity contribution is -0.293. The molecule has 0 unspecified atom stereocenters. The van der Waals surface area contributed by atoms with Gasteiger partial charge in [-0.05, 0) is 0 Å². The topological polar surface area (TPSA) is 123 Å². The maximum absolute atomic E-state index is 10.9. The lowest BCUT2D eigenvalue weighted by Gasteiger charge is -2.40. The van der Waals surface area contributed by atoms with Gasteiger partial charge in [-0.3, -0.25) is 9.59 Å². The van der Waals surface area contributed by atoms with E-state index in [-0.39, 0.29) is 0 Å². The minimum Gasteiger partial charge on any atom is -0.457 e. The zero-order valence-corrected chi connectivity index (χ0v) is 9.98. The zero-order chi connectivity index (χ0) is 13.9. The third kappa shape index (κ3) is 3.39. The summed E-state index contributed by atoms with van der Waals surface area (Å²) in [6, 6.07) is 0. The van der Waals surface area contributed by atoms with Gasteiger partial charge in [0.15, 0.2) is 18.5 Å². The number of hydrogen-bond donors (Lipinski definition) is 3. The monoisotopic (exact) mass is 264 g/mol. The van der Waals surface area contributed by atoms with Gasteiger partial charge in [0.25, 0.3) is 0 Å². The standard InChI is InChI=1S/C10H16O8/c1-4(12)16-8-6(3-11)18-10(15)9(7(8)14)17-5(2)13/h6-11,14-15H,3H2,1-2H3/t6-,7+,8+,9-,10+/m1/s1. The van der Waals surface area contributed by atoms with Gasteiger partial charge in [-0.2, -0.15) is 0 Å². The van der Waals surface area contributed by atoms with E-state index < -0.39 is 49.3 Å². The quantitative estimate of drug-likeness (QED) is 0.496. The van der Waals surface area contributed by atoms with Gasteiger partial charge in [-0.1, -0.05) is 0 Å². The predicted octanol–water partition coefficient (Wildman–Crippen LogP) is -2.08. The average Bonchev–Trinajstić information content (AvgIpc) is 2.27. The van der Waals surface area contributed by atoms with E-state index in [1.807, 2.05) is 0 Å². The average molecular weight is 264 g/mol. The van der Waals surface area contributed by atoms with Crippen molar-refractivity contribution in [1.82, 2.24) is 0 Å². The second-order valence-corrected chi connectivity index (χ2v) is 3.89. The van der Waals surface area contributed by atoms with E-state index >= 15 is 0 Å². The molecule has 1 rings (SSSR count). The number of rotatable bonds is 3. The van der Waals surface area contributed by atoms with Gasteiger partial charge in [0.05, 0.1) is 6.61 Å². The van der Waals surface area contributed by atoms with E-state index in [1.54, 1.807) is 0 Å². The summed E-state index contributed by atoms with van der Waals surface area (Å²) in [5.41, 5.74) is 0. The fourth-order valence-electron chi connectivity index (χ4n) is 1.71. The molecule has 0 amide bonds. The van der Waals surface area contributed by atoms with E-state index in [0.717, 1.165) is 13.8 Å². The van der Waals surface area contributed by atoms with Crippen LogP contribution in [0.3, 0.4) is 0 Å². The molecular weight excluding hydrogens is 248 g/mol. The third-order valence-electron chi connectivity index (χ3n) is 2.42. The molecule has 0 saturated carbocycles. The Morgan fingerprint density at radius 2 is 1.61 bits per heavy atom. The van der Waals surface area contributed by atoms with Crippen LogP contribution in [-0.2, 0) is 23.8 Å². The fourth-order valence-corrected chi connectivity index (χ4v) is 1.71. The van der Waals surface area contributed by atoms with Crippen molar-refractivity contribution in [3.63, 3.8) is 0 Å². The van der Waals surface area contributed by atoms with Crippen LogP contribution < -0.4 is 0 Å². The molecule has 0 aliphatic carbocycles. The number of carbonyl (C=O) groups is 2. The van der Waals surface area contributed by atoms with Crippen LogP contribution in [0, 0.1) is 0 Å². The van der Waals surface area contributed by atoms with Crippen molar-refractivity contribution in [2.75, 3.05) is 6.61 Å². The lowest BCUT2D eigenvalue weighted by Crippen LogP contribution is -2.60. The number of aliphatic hydroxyl groups excluding tert-OH is 3. The minimum atomic E-state index is -1.60. The molecule has 1 heterocycles. The first-order valence-electron chi connectivity index (χ1n) is 5.33. The Labute approximate surface area is 103 Å². The fraction of sp³-hybridized carbons (Fsp3) is 0.800. The highest BCUT2D eigenvalue weighted by molar-refractivity contribution is 5.67. The molecule has 1 fully saturated rings. The first-order chi connectivity index (χ1) is 8.36. The highest BCUT2D eigenvalue weighted by atomic mass is 16.7. The molecule has 1 saturated heterocycles. The molecule has 0 spiro atoms. The summed E-state index contributed by atoms with van der Waals surface area (Å²) in [7, 11) is 0. The Hall–Kier alpha value is -1.22. The van der Waals surface area contributed by atoms with Gasteiger partial charge >= 0.3 is 11.9 Å². The maximum atomic E-state index is 10.9. The van der Waals surface area contributed by atoms with Crippen molar-refractivity contribution in [3.8, 4) is 0 Å². The number of ether oxygens (including phenoxy) is 3. The van der Waals surface area contributed by atoms with E-state index in [1.165, 1.54) is 0 Å². The van der Waals surface area contributed by atoms with Crippen LogP contribution in [0.2, 0.25) is 0 Å². The molecule has 104 valence electrons. The van der Waals surface area contributed by atoms with Crippen LogP contribution in [0.15, 0.2) is 0 Å². The molecule has 8 nitrogen and oxygen atoms in total. The van der Waals surface area contributed by atoms with Gasteiger partial charge in [-0.25, -0.2) is 0 Å². The van der Waals surface area contributed by atoms with E-state index in [4.69, 9.17) is 14.6 Å². The molecule has 5 atom stereocenters. The first-order valence-corrected chi connectivity index (χ1v) is 5.33. The molecule has 0 radical (unpaired) electrons. The molecule has 0 aromatic heterocycles. The second kappa shape index (κ2) is 6.10. The largest absolute Gasteiger partial charge is 0.457 e. The van der Waals surface area contributed by atoms with Crippen LogP contribution in [0.5, 0.6) is 0 Å². The summed E-state index contributed by atoms with van der Waals surface area (Å²) in [5, 5.41) is 28.5. The van der Waals surface area contributed by atoms with Crippen LogP contribution in [0.4, 0.5) is 0 Å². The Balaban J connectivity index is 2.84. The van der Waals surface area contributed by atoms with Crippen molar-refractivity contribution in [2.24, 2.45) is 0 Å². The summed E-state index contributed by atoms with van der Waals surface area (Å²) in [6.07, 6.45) is -6.79. The molecule has 18 heavy (non-hydrogen) atoms. The molecular formula is C10H16O8. The van der Waals surface area contributed by atoms with E-state index in [0.29, 0.717) is 0 Å². The van der Waals surface area contributed by atoms with Gasteiger partial charge in [0, 0.05) is 13.8 Å². The van der Waals surface area contributed by atoms with E-state index in [9.17, 15) is 19.8 Å². The van der Waals surface area contributed by atoms with Crippen LogP contribution in [0.1, 0.15) is 13.8 Å². The third-order valence-corrected chi connectivity index (χ3v) is 2.42. The Kier molecular flexibility index (Phi) is 5.03. The maximum Gasteiger partial charge on any atom is 0.303 e. The van der Waals surface area contributed by atoms with Crippen molar-refractivity contribution < 1.29 is 39.1 Å². The van der Waals surface area contributed by atoms with Gasteiger partial charge in [0.1, 0.15) is 12.2 Å². The summed E-state index contributed by atoms with van der Waals surface area (Å²) < 4.78 is 14.4. The Morgan fingerprint density at radius 1 is 1.11 bits per heavy atom. The number of hydrogen-bond acceptors (Lipinski definition) is 8.